The molecule has 0 saturated heterocycles. The molecule has 2 aliphatic carbocycles. The summed E-state index contributed by atoms with van der Waals surface area (Å²) in [4.78, 5) is 0. The van der Waals surface area contributed by atoms with Crippen molar-refractivity contribution in [2.24, 2.45) is 0 Å². The number of rotatable bonds is 1. The lowest BCUT2D eigenvalue weighted by molar-refractivity contribution is 0.384. The van der Waals surface area contributed by atoms with Crippen molar-refractivity contribution in [1.29, 1.82) is 0 Å². The number of aromatic hydroxyl groups is 2. The lowest BCUT2D eigenvalue weighted by Gasteiger charge is -2.06. The second-order valence-corrected chi connectivity index (χ2v) is 5.65. The minimum Gasteiger partial charge on any atom is -0.494 e. The minimum absolute atomic E-state index is 0.0680. The van der Waals surface area contributed by atoms with Gasteiger partial charge >= 0.3 is 0 Å². The zero-order valence-electron chi connectivity index (χ0n) is 11.0. The average molecular weight is 280 g/mol. The Morgan fingerprint density at radius 2 is 1.71 bits per heavy atom. The van der Waals surface area contributed by atoms with Crippen molar-refractivity contribution in [3.05, 3.63) is 47.5 Å². The van der Waals surface area contributed by atoms with Gasteiger partial charge in [0, 0.05) is 23.0 Å². The normalized spacial score (nSPS) is 22.3. The molecule has 5 rings (SSSR count). The van der Waals surface area contributed by atoms with E-state index in [9.17, 15) is 10.2 Å². The van der Waals surface area contributed by atoms with Gasteiger partial charge in [0.25, 0.3) is 0 Å². The van der Waals surface area contributed by atoms with E-state index in [1.807, 2.05) is 24.3 Å². The Hall–Kier alpha value is -2.69. The molecule has 0 unspecified atom stereocenters. The molecule has 2 atom stereocenters. The largest absolute Gasteiger partial charge is 0.494 e. The van der Waals surface area contributed by atoms with Crippen LogP contribution in [-0.4, -0.2) is 19.9 Å². The van der Waals surface area contributed by atoms with Crippen LogP contribution in [0.1, 0.15) is 29.4 Å². The maximum absolute atomic E-state index is 10.6. The Morgan fingerprint density at radius 1 is 1.05 bits per heavy atom. The van der Waals surface area contributed by atoms with E-state index in [4.69, 9.17) is 4.52 Å². The summed E-state index contributed by atoms with van der Waals surface area (Å²) in [6.07, 6.45) is 5.13. The van der Waals surface area contributed by atoms with Crippen molar-refractivity contribution in [1.82, 2.24) is 9.72 Å². The van der Waals surface area contributed by atoms with Gasteiger partial charge in [-0.05, 0) is 18.6 Å². The smallest absolute Gasteiger partial charge is 0.204 e. The first-order valence-electron chi connectivity index (χ1n) is 6.95. The third-order valence-corrected chi connectivity index (χ3v) is 4.59. The van der Waals surface area contributed by atoms with Gasteiger partial charge in [-0.15, -0.1) is 0 Å². The molecule has 2 aliphatic rings. The maximum atomic E-state index is 10.6. The molecule has 5 heteroatoms. The summed E-state index contributed by atoms with van der Waals surface area (Å²) in [5.41, 5.74) is 2.28. The van der Waals surface area contributed by atoms with Crippen molar-refractivity contribution < 1.29 is 14.7 Å². The van der Waals surface area contributed by atoms with Gasteiger partial charge in [0.2, 0.25) is 11.8 Å². The van der Waals surface area contributed by atoms with Crippen LogP contribution in [0.2, 0.25) is 0 Å². The van der Waals surface area contributed by atoms with Crippen molar-refractivity contribution in [2.45, 2.75) is 18.3 Å². The Labute approximate surface area is 119 Å². The van der Waals surface area contributed by atoms with Gasteiger partial charge < -0.3 is 14.7 Å². The maximum Gasteiger partial charge on any atom is 0.204 e. The molecule has 3 aromatic rings. The van der Waals surface area contributed by atoms with Crippen molar-refractivity contribution in [2.75, 3.05) is 0 Å². The van der Waals surface area contributed by atoms with E-state index < -0.39 is 0 Å². The lowest BCUT2D eigenvalue weighted by atomic mass is 10.0. The van der Waals surface area contributed by atoms with Crippen LogP contribution in [-0.2, 0) is 0 Å². The molecule has 2 bridgehead atoms. The van der Waals surface area contributed by atoms with Gasteiger partial charge in [0.05, 0.1) is 5.39 Å². The first-order valence-corrected chi connectivity index (χ1v) is 6.95. The molecule has 0 saturated carbocycles. The average Bonchev–Trinajstić information content (AvgIpc) is 3.23. The highest BCUT2D eigenvalue weighted by molar-refractivity contribution is 5.85. The quantitative estimate of drug-likeness (QED) is 0.672. The summed E-state index contributed by atoms with van der Waals surface area (Å²) >= 11 is 0. The number of fused-ring (bicyclic) bond motifs is 6. The number of hydrogen-bond acceptors (Lipinski definition) is 4. The van der Waals surface area contributed by atoms with Crippen LogP contribution in [0.3, 0.4) is 0 Å². The van der Waals surface area contributed by atoms with Crippen LogP contribution >= 0.6 is 0 Å². The highest BCUT2D eigenvalue weighted by atomic mass is 16.5. The first kappa shape index (κ1) is 11.0. The van der Waals surface area contributed by atoms with Gasteiger partial charge in [0.1, 0.15) is 0 Å². The van der Waals surface area contributed by atoms with Gasteiger partial charge in [0.15, 0.2) is 11.4 Å². The molecule has 0 radical (unpaired) electrons. The molecule has 5 nitrogen and oxygen atoms in total. The SMILES string of the molecule is Oc1c2c(c(O)n1-c1noc3ccccc13)[C@H]1C=C[C@@H]2C1. The van der Waals surface area contributed by atoms with Gasteiger partial charge in [-0.2, -0.15) is 0 Å². The number of benzene rings is 1. The first-order chi connectivity index (χ1) is 10.3. The van der Waals surface area contributed by atoms with Crippen LogP contribution in [0.25, 0.3) is 16.8 Å². The molecule has 1 aromatic carbocycles. The summed E-state index contributed by atoms with van der Waals surface area (Å²) in [6, 6.07) is 7.40. The molecule has 104 valence electrons. The molecule has 2 N–H and O–H groups in total. The van der Waals surface area contributed by atoms with Gasteiger partial charge in [-0.1, -0.05) is 29.4 Å². The van der Waals surface area contributed by atoms with E-state index in [-0.39, 0.29) is 23.6 Å². The minimum atomic E-state index is 0.0680. The van der Waals surface area contributed by atoms with Crippen LogP contribution in [0.15, 0.2) is 40.9 Å². The summed E-state index contributed by atoms with van der Waals surface area (Å²) in [5.74, 6) is 0.942. The molecule has 2 heterocycles. The third-order valence-electron chi connectivity index (χ3n) is 4.59. The van der Waals surface area contributed by atoms with E-state index in [1.165, 1.54) is 4.57 Å². The van der Waals surface area contributed by atoms with Crippen LogP contribution in [0.4, 0.5) is 0 Å². The van der Waals surface area contributed by atoms with Gasteiger partial charge in [-0.25, -0.2) is 4.57 Å². The Kier molecular flexibility index (Phi) is 1.83. The number of allylic oxidation sites excluding steroid dienone is 2. The predicted molar refractivity (Wildman–Crippen MR) is 75.9 cm³/mol. The predicted octanol–water partition coefficient (Wildman–Crippen LogP) is 3.17. The number of nitrogens with zero attached hydrogens (tertiary/aromatic N) is 2. The molecule has 0 aliphatic heterocycles. The fourth-order valence-corrected chi connectivity index (χ4v) is 3.67. The Balaban J connectivity index is 1.82. The zero-order valence-corrected chi connectivity index (χ0v) is 11.0. The van der Waals surface area contributed by atoms with Crippen molar-refractivity contribution in [3.63, 3.8) is 0 Å². The summed E-state index contributed by atoms with van der Waals surface area (Å²) in [5, 5.41) is 25.9. The Morgan fingerprint density at radius 3 is 2.43 bits per heavy atom. The number of aromatic nitrogens is 2. The standard InChI is InChI=1S/C16H12N2O3/c19-15-12-8-5-6-9(7-8)13(12)16(20)18(15)14-10-3-1-2-4-11(10)21-17-14/h1-6,8-9,19-20H,7H2/t8-,9+. The van der Waals surface area contributed by atoms with Crippen molar-refractivity contribution >= 4 is 11.0 Å². The van der Waals surface area contributed by atoms with Gasteiger partial charge in [-0.3, -0.25) is 0 Å². The van der Waals surface area contributed by atoms with E-state index in [2.05, 4.69) is 17.3 Å². The lowest BCUT2D eigenvalue weighted by Crippen LogP contribution is -1.96. The molecule has 21 heavy (non-hydrogen) atoms. The number of hydrogen-bond donors (Lipinski definition) is 2. The van der Waals surface area contributed by atoms with Crippen LogP contribution in [0.5, 0.6) is 11.8 Å². The molecule has 2 aromatic heterocycles. The second kappa shape index (κ2) is 3.49. The van der Waals surface area contributed by atoms with E-state index >= 15 is 0 Å². The molecule has 0 fully saturated rings. The second-order valence-electron chi connectivity index (χ2n) is 5.65. The molecule has 0 spiro atoms. The topological polar surface area (TPSA) is 71.4 Å². The third kappa shape index (κ3) is 1.19. The Bertz CT molecular complexity index is 884. The zero-order chi connectivity index (χ0) is 14.1. The molecular weight excluding hydrogens is 268 g/mol. The molecule has 0 amide bonds. The van der Waals surface area contributed by atoms with E-state index in [1.54, 1.807) is 0 Å². The summed E-state index contributed by atoms with van der Waals surface area (Å²) in [6.45, 7) is 0. The monoisotopic (exact) mass is 280 g/mol. The number of para-hydroxylation sites is 1. The highest BCUT2D eigenvalue weighted by Crippen LogP contribution is 2.57. The van der Waals surface area contributed by atoms with E-state index in [0.717, 1.165) is 22.9 Å². The van der Waals surface area contributed by atoms with Crippen LogP contribution < -0.4 is 0 Å². The van der Waals surface area contributed by atoms with E-state index in [0.29, 0.717) is 11.4 Å². The summed E-state index contributed by atoms with van der Waals surface area (Å²) < 4.78 is 6.67. The van der Waals surface area contributed by atoms with Crippen LogP contribution in [0, 0.1) is 0 Å². The van der Waals surface area contributed by atoms with Crippen molar-refractivity contribution in [3.8, 4) is 17.6 Å². The fraction of sp³-hybridized carbons (Fsp3) is 0.188. The molecular formula is C16H12N2O3. The summed E-state index contributed by atoms with van der Waals surface area (Å²) in [7, 11) is 0. The highest BCUT2D eigenvalue weighted by Gasteiger charge is 2.41. The fourth-order valence-electron chi connectivity index (χ4n) is 3.67.